The SMILES string of the molecule is CCc1ccc(-n2nc3cc(C)c(NC(=O)c4cccc(OC)c4)cc3n2)cc1. The molecule has 146 valence electrons. The third-order valence-corrected chi connectivity index (χ3v) is 4.88. The van der Waals surface area contributed by atoms with E-state index >= 15 is 0 Å². The second kappa shape index (κ2) is 7.75. The van der Waals surface area contributed by atoms with Crippen LogP contribution in [0.4, 0.5) is 5.69 Å². The molecule has 0 saturated heterocycles. The van der Waals surface area contributed by atoms with E-state index in [1.807, 2.05) is 31.2 Å². The standard InChI is InChI=1S/C23H22N4O2/c1-4-16-8-10-18(11-9-16)27-25-21-12-15(2)20(14-22(21)26-27)24-23(28)17-6-5-7-19(13-17)29-3/h5-14H,4H2,1-3H3,(H,24,28). The molecule has 0 aliphatic heterocycles. The number of anilines is 1. The topological polar surface area (TPSA) is 69.0 Å². The maximum atomic E-state index is 12.6. The number of rotatable bonds is 5. The van der Waals surface area contributed by atoms with E-state index in [4.69, 9.17) is 4.74 Å². The molecule has 29 heavy (non-hydrogen) atoms. The molecule has 4 aromatic rings. The number of hydrogen-bond donors (Lipinski definition) is 1. The first-order chi connectivity index (χ1) is 14.1. The molecule has 1 aromatic heterocycles. The van der Waals surface area contributed by atoms with Crippen molar-refractivity contribution in [1.82, 2.24) is 15.0 Å². The summed E-state index contributed by atoms with van der Waals surface area (Å²) in [6.07, 6.45) is 0.990. The van der Waals surface area contributed by atoms with E-state index in [1.165, 1.54) is 5.56 Å². The van der Waals surface area contributed by atoms with Crippen molar-refractivity contribution in [2.45, 2.75) is 20.3 Å². The molecule has 0 spiro atoms. The van der Waals surface area contributed by atoms with E-state index in [9.17, 15) is 4.79 Å². The summed E-state index contributed by atoms with van der Waals surface area (Å²) in [6.45, 7) is 4.06. The van der Waals surface area contributed by atoms with Crippen LogP contribution in [0, 0.1) is 6.92 Å². The lowest BCUT2D eigenvalue weighted by molar-refractivity contribution is 0.102. The number of nitrogens with zero attached hydrogens (tertiary/aromatic N) is 3. The third kappa shape index (κ3) is 3.82. The van der Waals surface area contributed by atoms with Crippen LogP contribution in [0.25, 0.3) is 16.7 Å². The zero-order valence-electron chi connectivity index (χ0n) is 16.6. The van der Waals surface area contributed by atoms with Crippen LogP contribution in [0.15, 0.2) is 60.7 Å². The number of aryl methyl sites for hydroxylation is 2. The minimum Gasteiger partial charge on any atom is -0.497 e. The number of aromatic nitrogens is 3. The van der Waals surface area contributed by atoms with Gasteiger partial charge in [0.2, 0.25) is 0 Å². The lowest BCUT2D eigenvalue weighted by atomic mass is 10.1. The summed E-state index contributed by atoms with van der Waals surface area (Å²) in [5.74, 6) is 0.441. The van der Waals surface area contributed by atoms with E-state index < -0.39 is 0 Å². The predicted molar refractivity (Wildman–Crippen MR) is 114 cm³/mol. The molecule has 0 saturated carbocycles. The van der Waals surface area contributed by atoms with Crippen LogP contribution < -0.4 is 10.1 Å². The average Bonchev–Trinajstić information content (AvgIpc) is 3.16. The normalized spacial score (nSPS) is 10.9. The van der Waals surface area contributed by atoms with Gasteiger partial charge < -0.3 is 10.1 Å². The molecule has 0 aliphatic carbocycles. The average molecular weight is 386 g/mol. The molecular formula is C23H22N4O2. The Balaban J connectivity index is 1.63. The van der Waals surface area contributed by atoms with Gasteiger partial charge in [-0.3, -0.25) is 4.79 Å². The fourth-order valence-corrected chi connectivity index (χ4v) is 3.14. The van der Waals surface area contributed by atoms with Crippen molar-refractivity contribution in [3.8, 4) is 11.4 Å². The number of nitrogens with one attached hydrogen (secondary N) is 1. The van der Waals surface area contributed by atoms with Crippen LogP contribution in [0.3, 0.4) is 0 Å². The number of methoxy groups -OCH3 is 1. The number of carbonyl (C=O) groups excluding carboxylic acids is 1. The van der Waals surface area contributed by atoms with Crippen LogP contribution in [0.2, 0.25) is 0 Å². The van der Waals surface area contributed by atoms with Gasteiger partial charge in [-0.25, -0.2) is 0 Å². The molecule has 6 nitrogen and oxygen atoms in total. The smallest absolute Gasteiger partial charge is 0.255 e. The Morgan fingerprint density at radius 3 is 2.45 bits per heavy atom. The Hall–Kier alpha value is -3.67. The highest BCUT2D eigenvalue weighted by Gasteiger charge is 2.12. The van der Waals surface area contributed by atoms with Gasteiger partial charge in [0.25, 0.3) is 5.91 Å². The zero-order valence-corrected chi connectivity index (χ0v) is 16.6. The van der Waals surface area contributed by atoms with Crippen molar-refractivity contribution in [2.24, 2.45) is 0 Å². The number of amides is 1. The lowest BCUT2D eigenvalue weighted by Gasteiger charge is -2.09. The minimum absolute atomic E-state index is 0.200. The Labute approximate surface area is 169 Å². The molecule has 6 heteroatoms. The fraction of sp³-hybridized carbons (Fsp3) is 0.174. The summed E-state index contributed by atoms with van der Waals surface area (Å²) in [7, 11) is 1.58. The molecule has 0 fully saturated rings. The van der Waals surface area contributed by atoms with Gasteiger partial charge in [-0.15, -0.1) is 10.2 Å². The second-order valence-electron chi connectivity index (χ2n) is 6.85. The predicted octanol–water partition coefficient (Wildman–Crippen LogP) is 4.55. The van der Waals surface area contributed by atoms with Gasteiger partial charge in [-0.1, -0.05) is 25.1 Å². The van der Waals surface area contributed by atoms with Gasteiger partial charge in [0.15, 0.2) is 0 Å². The Morgan fingerprint density at radius 2 is 1.76 bits per heavy atom. The summed E-state index contributed by atoms with van der Waals surface area (Å²) in [5, 5.41) is 12.1. The van der Waals surface area contributed by atoms with Gasteiger partial charge in [0, 0.05) is 11.3 Å². The number of hydrogen-bond acceptors (Lipinski definition) is 4. The molecule has 0 bridgehead atoms. The molecule has 1 N–H and O–H groups in total. The summed E-state index contributed by atoms with van der Waals surface area (Å²) in [4.78, 5) is 14.3. The maximum Gasteiger partial charge on any atom is 0.255 e. The Bertz CT molecular complexity index is 1180. The highest BCUT2D eigenvalue weighted by atomic mass is 16.5. The highest BCUT2D eigenvalue weighted by molar-refractivity contribution is 6.05. The van der Waals surface area contributed by atoms with Crippen molar-refractivity contribution in [3.05, 3.63) is 77.4 Å². The van der Waals surface area contributed by atoms with E-state index in [2.05, 4.69) is 34.6 Å². The van der Waals surface area contributed by atoms with Gasteiger partial charge >= 0.3 is 0 Å². The Morgan fingerprint density at radius 1 is 1.03 bits per heavy atom. The number of ether oxygens (including phenoxy) is 1. The van der Waals surface area contributed by atoms with E-state index in [-0.39, 0.29) is 5.91 Å². The number of carbonyl (C=O) groups is 1. The van der Waals surface area contributed by atoms with Crippen LogP contribution in [-0.2, 0) is 6.42 Å². The highest BCUT2D eigenvalue weighted by Crippen LogP contribution is 2.23. The van der Waals surface area contributed by atoms with Crippen molar-refractivity contribution in [3.63, 3.8) is 0 Å². The first kappa shape index (κ1) is 18.7. The molecule has 0 unspecified atom stereocenters. The zero-order chi connectivity index (χ0) is 20.4. The maximum absolute atomic E-state index is 12.6. The summed E-state index contributed by atoms with van der Waals surface area (Å²) >= 11 is 0. The van der Waals surface area contributed by atoms with Crippen molar-refractivity contribution in [2.75, 3.05) is 12.4 Å². The Kier molecular flexibility index (Phi) is 4.99. The number of fused-ring (bicyclic) bond motifs is 1. The molecule has 3 aromatic carbocycles. The van der Waals surface area contributed by atoms with Crippen LogP contribution in [-0.4, -0.2) is 28.0 Å². The molecular weight excluding hydrogens is 364 g/mol. The third-order valence-electron chi connectivity index (χ3n) is 4.88. The molecule has 0 aliphatic rings. The van der Waals surface area contributed by atoms with Gasteiger partial charge in [0.05, 0.1) is 12.8 Å². The van der Waals surface area contributed by atoms with Gasteiger partial charge in [0.1, 0.15) is 16.8 Å². The lowest BCUT2D eigenvalue weighted by Crippen LogP contribution is -2.12. The van der Waals surface area contributed by atoms with E-state index in [0.29, 0.717) is 17.0 Å². The monoisotopic (exact) mass is 386 g/mol. The van der Waals surface area contributed by atoms with Crippen LogP contribution in [0.1, 0.15) is 28.4 Å². The molecule has 0 radical (unpaired) electrons. The largest absolute Gasteiger partial charge is 0.497 e. The summed E-state index contributed by atoms with van der Waals surface area (Å²) in [6, 6.07) is 19.0. The minimum atomic E-state index is -0.200. The molecule has 1 heterocycles. The van der Waals surface area contributed by atoms with Crippen LogP contribution in [0.5, 0.6) is 5.75 Å². The van der Waals surface area contributed by atoms with Crippen LogP contribution >= 0.6 is 0 Å². The van der Waals surface area contributed by atoms with E-state index in [0.717, 1.165) is 28.7 Å². The number of benzene rings is 3. The van der Waals surface area contributed by atoms with Crippen molar-refractivity contribution in [1.29, 1.82) is 0 Å². The first-order valence-electron chi connectivity index (χ1n) is 9.50. The molecule has 4 rings (SSSR count). The first-order valence-corrected chi connectivity index (χ1v) is 9.50. The molecule has 0 atom stereocenters. The quantitative estimate of drug-likeness (QED) is 0.546. The second-order valence-corrected chi connectivity index (χ2v) is 6.85. The van der Waals surface area contributed by atoms with Crippen molar-refractivity contribution >= 4 is 22.6 Å². The van der Waals surface area contributed by atoms with Gasteiger partial charge in [-0.05, 0) is 66.9 Å². The summed E-state index contributed by atoms with van der Waals surface area (Å²) < 4.78 is 5.19. The fourth-order valence-electron chi connectivity index (χ4n) is 3.14. The van der Waals surface area contributed by atoms with Crippen molar-refractivity contribution < 1.29 is 9.53 Å². The van der Waals surface area contributed by atoms with E-state index in [1.54, 1.807) is 36.2 Å². The molecule has 1 amide bonds. The summed E-state index contributed by atoms with van der Waals surface area (Å²) in [5.41, 5.74) is 5.82. The van der Waals surface area contributed by atoms with Gasteiger partial charge in [-0.2, -0.15) is 4.80 Å².